The fraction of sp³-hybridized carbons (Fsp3) is 0.400. The molecule has 2 amide bonds. The van der Waals surface area contributed by atoms with E-state index in [0.29, 0.717) is 43.0 Å². The molecule has 4 rings (SSSR count). The van der Waals surface area contributed by atoms with Crippen molar-refractivity contribution in [2.45, 2.75) is 31.5 Å². The van der Waals surface area contributed by atoms with Crippen LogP contribution in [0.1, 0.15) is 28.8 Å². The molecule has 2 saturated heterocycles. The van der Waals surface area contributed by atoms with Crippen LogP contribution in [0, 0.1) is 0 Å². The lowest BCUT2D eigenvalue weighted by Crippen LogP contribution is -2.52. The van der Waals surface area contributed by atoms with E-state index in [4.69, 9.17) is 30.5 Å². The van der Waals surface area contributed by atoms with Gasteiger partial charge in [-0.1, -0.05) is 41.9 Å². The first-order valence-electron chi connectivity index (χ1n) is 11.3. The largest absolute Gasteiger partial charge is 0.493 e. The molecule has 0 saturated carbocycles. The number of cyclic esters (lactones) is 1. The fourth-order valence-electron chi connectivity index (χ4n) is 4.41. The Balaban J connectivity index is 1.38. The Morgan fingerprint density at radius 1 is 1.06 bits per heavy atom. The van der Waals surface area contributed by atoms with Crippen LogP contribution in [-0.4, -0.2) is 73.8 Å². The van der Waals surface area contributed by atoms with Crippen LogP contribution in [-0.2, 0) is 20.9 Å². The van der Waals surface area contributed by atoms with E-state index in [9.17, 15) is 14.4 Å². The van der Waals surface area contributed by atoms with Crippen LogP contribution in [0.25, 0.3) is 0 Å². The number of ether oxygens (including phenoxy) is 4. The molecule has 0 aliphatic carbocycles. The van der Waals surface area contributed by atoms with Crippen LogP contribution in [0.15, 0.2) is 42.5 Å². The molecule has 0 radical (unpaired) electrons. The van der Waals surface area contributed by atoms with Crippen LogP contribution in [0.5, 0.6) is 11.5 Å². The second kappa shape index (κ2) is 10.9. The first kappa shape index (κ1) is 24.7. The molecule has 2 aliphatic heterocycles. The Labute approximate surface area is 208 Å². The number of hydrogen-bond donors (Lipinski definition) is 0. The summed E-state index contributed by atoms with van der Waals surface area (Å²) in [5, 5.41) is 0.184. The predicted octanol–water partition coefficient (Wildman–Crippen LogP) is 3.53. The molecule has 2 aliphatic rings. The van der Waals surface area contributed by atoms with Crippen molar-refractivity contribution < 1.29 is 33.3 Å². The van der Waals surface area contributed by atoms with E-state index in [1.54, 1.807) is 17.0 Å². The summed E-state index contributed by atoms with van der Waals surface area (Å²) in [6.45, 7) is 0.859. The lowest BCUT2D eigenvalue weighted by molar-refractivity contribution is -0.150. The molecular weight excluding hydrogens is 476 g/mol. The van der Waals surface area contributed by atoms with Gasteiger partial charge in [0.25, 0.3) is 5.91 Å². The quantitative estimate of drug-likeness (QED) is 0.534. The molecule has 2 aromatic rings. The van der Waals surface area contributed by atoms with Gasteiger partial charge in [-0.15, -0.1) is 0 Å². The highest BCUT2D eigenvalue weighted by atomic mass is 35.5. The third-order valence-electron chi connectivity index (χ3n) is 6.27. The monoisotopic (exact) mass is 502 g/mol. The van der Waals surface area contributed by atoms with Gasteiger partial charge in [-0.2, -0.15) is 0 Å². The summed E-state index contributed by atoms with van der Waals surface area (Å²) < 4.78 is 21.1. The van der Waals surface area contributed by atoms with Gasteiger partial charge >= 0.3 is 12.1 Å². The molecular formula is C25H27ClN2O7. The molecule has 0 N–H and O–H groups in total. The molecule has 0 spiro atoms. The second-order valence-corrected chi connectivity index (χ2v) is 8.66. The van der Waals surface area contributed by atoms with Gasteiger partial charge in [-0.3, -0.25) is 9.69 Å². The number of rotatable bonds is 7. The highest BCUT2D eigenvalue weighted by Crippen LogP contribution is 2.38. The highest BCUT2D eigenvalue weighted by Gasteiger charge is 2.44. The number of piperidine rings is 1. The predicted molar refractivity (Wildman–Crippen MR) is 127 cm³/mol. The van der Waals surface area contributed by atoms with E-state index in [1.165, 1.54) is 19.1 Å². The van der Waals surface area contributed by atoms with E-state index in [0.717, 1.165) is 5.56 Å². The Bertz CT molecular complexity index is 1090. The number of halogens is 1. The Kier molecular flexibility index (Phi) is 7.65. The van der Waals surface area contributed by atoms with Crippen molar-refractivity contribution in [3.05, 3.63) is 58.6 Å². The molecule has 186 valence electrons. The van der Waals surface area contributed by atoms with Crippen molar-refractivity contribution in [1.29, 1.82) is 0 Å². The molecule has 2 aromatic carbocycles. The molecule has 0 bridgehead atoms. The van der Waals surface area contributed by atoms with Gasteiger partial charge < -0.3 is 23.8 Å². The summed E-state index contributed by atoms with van der Waals surface area (Å²) in [6.07, 6.45) is 0.446. The average Bonchev–Trinajstić information content (AvgIpc) is 3.28. The van der Waals surface area contributed by atoms with E-state index >= 15 is 0 Å². The Hall–Kier alpha value is -3.46. The SMILES string of the molecule is COc1ccc(C(=O)N2CCC(N3C(=O)OCC3C(=O)OCc3ccccc3)CC2)c(Cl)c1OC. The van der Waals surface area contributed by atoms with Crippen LogP contribution in [0.3, 0.4) is 0 Å². The first-order valence-corrected chi connectivity index (χ1v) is 11.7. The molecule has 35 heavy (non-hydrogen) atoms. The van der Waals surface area contributed by atoms with Crippen molar-refractivity contribution in [3.8, 4) is 11.5 Å². The summed E-state index contributed by atoms with van der Waals surface area (Å²) >= 11 is 6.41. The number of likely N-dealkylation sites (tertiary alicyclic amines) is 1. The standard InChI is InChI=1S/C25H27ClN2O7/c1-32-20-9-8-18(21(26)22(20)33-2)23(29)27-12-10-17(11-13-27)28-19(15-35-25(28)31)24(30)34-14-16-6-4-3-5-7-16/h3-9,17,19H,10-15H2,1-2H3. The topological polar surface area (TPSA) is 94.6 Å². The minimum Gasteiger partial charge on any atom is -0.493 e. The molecule has 9 nitrogen and oxygen atoms in total. The van der Waals surface area contributed by atoms with Crippen molar-refractivity contribution in [2.24, 2.45) is 0 Å². The number of hydrogen-bond acceptors (Lipinski definition) is 7. The third-order valence-corrected chi connectivity index (χ3v) is 6.64. The number of carbonyl (C=O) groups is 3. The van der Waals surface area contributed by atoms with Crippen molar-refractivity contribution >= 4 is 29.6 Å². The minimum absolute atomic E-state index is 0.0488. The summed E-state index contributed by atoms with van der Waals surface area (Å²) in [7, 11) is 2.95. The van der Waals surface area contributed by atoms with Crippen LogP contribution in [0.2, 0.25) is 5.02 Å². The molecule has 1 atom stereocenters. The van der Waals surface area contributed by atoms with Gasteiger partial charge in [-0.05, 0) is 30.5 Å². The maximum absolute atomic E-state index is 13.1. The maximum Gasteiger partial charge on any atom is 0.410 e. The highest BCUT2D eigenvalue weighted by molar-refractivity contribution is 6.35. The van der Waals surface area contributed by atoms with Gasteiger partial charge in [0.05, 0.1) is 24.8 Å². The lowest BCUT2D eigenvalue weighted by atomic mass is 10.0. The van der Waals surface area contributed by atoms with Gasteiger partial charge in [-0.25, -0.2) is 9.59 Å². The first-order chi connectivity index (χ1) is 16.9. The van der Waals surface area contributed by atoms with E-state index in [1.807, 2.05) is 30.3 Å². The van der Waals surface area contributed by atoms with Gasteiger partial charge in [0, 0.05) is 19.1 Å². The van der Waals surface area contributed by atoms with E-state index in [2.05, 4.69) is 0 Å². The molecule has 2 fully saturated rings. The number of esters is 1. The summed E-state index contributed by atoms with van der Waals surface area (Å²) in [4.78, 5) is 41.4. The Morgan fingerprint density at radius 3 is 2.43 bits per heavy atom. The van der Waals surface area contributed by atoms with Crippen LogP contribution >= 0.6 is 11.6 Å². The summed E-state index contributed by atoms with van der Waals surface area (Å²) in [5.74, 6) is -0.00962. The average molecular weight is 503 g/mol. The maximum atomic E-state index is 13.1. The number of benzene rings is 2. The Morgan fingerprint density at radius 2 is 1.77 bits per heavy atom. The number of nitrogens with zero attached hydrogens (tertiary/aromatic N) is 2. The van der Waals surface area contributed by atoms with E-state index < -0.39 is 18.1 Å². The zero-order chi connectivity index (χ0) is 24.9. The summed E-state index contributed by atoms with van der Waals surface area (Å²) in [5.41, 5.74) is 1.17. The normalized spacial score (nSPS) is 18.3. The zero-order valence-corrected chi connectivity index (χ0v) is 20.3. The zero-order valence-electron chi connectivity index (χ0n) is 19.6. The molecule has 1 unspecified atom stereocenters. The molecule has 2 heterocycles. The van der Waals surface area contributed by atoms with Crippen molar-refractivity contribution in [3.63, 3.8) is 0 Å². The van der Waals surface area contributed by atoms with E-state index in [-0.39, 0.29) is 30.2 Å². The smallest absolute Gasteiger partial charge is 0.410 e. The third kappa shape index (κ3) is 5.14. The van der Waals surface area contributed by atoms with Gasteiger partial charge in [0.1, 0.15) is 13.2 Å². The number of amides is 2. The molecule has 10 heteroatoms. The minimum atomic E-state index is -0.807. The van der Waals surface area contributed by atoms with Crippen LogP contribution in [0.4, 0.5) is 4.79 Å². The van der Waals surface area contributed by atoms with Gasteiger partial charge in [0.15, 0.2) is 17.5 Å². The van der Waals surface area contributed by atoms with Crippen molar-refractivity contribution in [2.75, 3.05) is 33.9 Å². The number of carbonyl (C=O) groups excluding carboxylic acids is 3. The van der Waals surface area contributed by atoms with Crippen molar-refractivity contribution in [1.82, 2.24) is 9.80 Å². The van der Waals surface area contributed by atoms with Gasteiger partial charge in [0.2, 0.25) is 0 Å². The summed E-state index contributed by atoms with van der Waals surface area (Å²) in [6, 6.07) is 11.5. The second-order valence-electron chi connectivity index (χ2n) is 8.28. The fourth-order valence-corrected chi connectivity index (χ4v) is 4.73. The van der Waals surface area contributed by atoms with Crippen LogP contribution < -0.4 is 9.47 Å². The molecule has 0 aromatic heterocycles. The lowest BCUT2D eigenvalue weighted by Gasteiger charge is -2.37. The number of methoxy groups -OCH3 is 2.